The molecule has 26 heavy (non-hydrogen) atoms. The molecule has 1 saturated heterocycles. The Morgan fingerprint density at radius 3 is 2.88 bits per heavy atom. The van der Waals surface area contributed by atoms with E-state index in [1.165, 1.54) is 16.3 Å². The predicted molar refractivity (Wildman–Crippen MR) is 103 cm³/mol. The van der Waals surface area contributed by atoms with E-state index in [4.69, 9.17) is 0 Å². The first-order valence-electron chi connectivity index (χ1n) is 9.22. The second kappa shape index (κ2) is 7.30. The second-order valence-electron chi connectivity index (χ2n) is 6.90. The molecule has 1 amide bonds. The van der Waals surface area contributed by atoms with Gasteiger partial charge >= 0.3 is 0 Å². The van der Waals surface area contributed by atoms with E-state index in [-0.39, 0.29) is 11.9 Å². The summed E-state index contributed by atoms with van der Waals surface area (Å²) < 4.78 is 1.92. The van der Waals surface area contributed by atoms with Crippen LogP contribution in [0.25, 0.3) is 10.8 Å². The SMILES string of the molecule is CCn1cc(CN[C@H]2CC(=O)N(Cc3cccc4ccccc34)C2)cn1. The van der Waals surface area contributed by atoms with Gasteiger partial charge < -0.3 is 10.2 Å². The van der Waals surface area contributed by atoms with E-state index in [2.05, 4.69) is 59.9 Å². The van der Waals surface area contributed by atoms with Crippen molar-refractivity contribution in [2.24, 2.45) is 0 Å². The number of carbonyl (C=O) groups is 1. The van der Waals surface area contributed by atoms with Crippen molar-refractivity contribution in [3.8, 4) is 0 Å². The van der Waals surface area contributed by atoms with Crippen LogP contribution in [-0.4, -0.2) is 33.2 Å². The lowest BCUT2D eigenvalue weighted by Crippen LogP contribution is -2.32. The number of benzene rings is 2. The molecular formula is C21H24N4O. The molecule has 1 N–H and O–H groups in total. The van der Waals surface area contributed by atoms with Crippen LogP contribution in [-0.2, 0) is 24.4 Å². The summed E-state index contributed by atoms with van der Waals surface area (Å²) >= 11 is 0. The Morgan fingerprint density at radius 2 is 2.04 bits per heavy atom. The quantitative estimate of drug-likeness (QED) is 0.745. The van der Waals surface area contributed by atoms with Crippen LogP contribution in [0.5, 0.6) is 0 Å². The van der Waals surface area contributed by atoms with Crippen molar-refractivity contribution in [1.82, 2.24) is 20.0 Å². The largest absolute Gasteiger partial charge is 0.337 e. The minimum Gasteiger partial charge on any atom is -0.337 e. The highest BCUT2D eigenvalue weighted by molar-refractivity contribution is 5.86. The molecule has 0 radical (unpaired) electrons. The molecule has 2 heterocycles. The van der Waals surface area contributed by atoms with Gasteiger partial charge in [-0.1, -0.05) is 42.5 Å². The topological polar surface area (TPSA) is 50.2 Å². The Hall–Kier alpha value is -2.66. The maximum atomic E-state index is 12.5. The van der Waals surface area contributed by atoms with Gasteiger partial charge in [0, 0.05) is 50.4 Å². The Kier molecular flexibility index (Phi) is 4.71. The third-order valence-corrected chi connectivity index (χ3v) is 5.06. The van der Waals surface area contributed by atoms with E-state index in [0.717, 1.165) is 25.2 Å². The number of nitrogens with one attached hydrogen (secondary N) is 1. The summed E-state index contributed by atoms with van der Waals surface area (Å²) in [5, 5.41) is 10.2. The number of rotatable bonds is 6. The average molecular weight is 348 g/mol. The number of nitrogens with zero attached hydrogens (tertiary/aromatic N) is 3. The van der Waals surface area contributed by atoms with E-state index in [9.17, 15) is 4.79 Å². The zero-order valence-electron chi connectivity index (χ0n) is 15.1. The van der Waals surface area contributed by atoms with Gasteiger partial charge in [-0.15, -0.1) is 0 Å². The maximum absolute atomic E-state index is 12.5. The van der Waals surface area contributed by atoms with Crippen LogP contribution in [0.4, 0.5) is 0 Å². The predicted octanol–water partition coefficient (Wildman–Crippen LogP) is 2.95. The molecule has 0 bridgehead atoms. The number of amides is 1. The van der Waals surface area contributed by atoms with Crippen LogP contribution >= 0.6 is 0 Å². The summed E-state index contributed by atoms with van der Waals surface area (Å²) in [5.41, 5.74) is 2.37. The molecule has 0 unspecified atom stereocenters. The van der Waals surface area contributed by atoms with Gasteiger partial charge in [-0.05, 0) is 23.3 Å². The minimum atomic E-state index is 0.197. The molecule has 5 nitrogen and oxygen atoms in total. The van der Waals surface area contributed by atoms with Gasteiger partial charge in [0.25, 0.3) is 0 Å². The normalized spacial score (nSPS) is 17.3. The molecule has 0 aliphatic carbocycles. The van der Waals surface area contributed by atoms with E-state index in [1.54, 1.807) is 0 Å². The summed E-state index contributed by atoms with van der Waals surface area (Å²) in [5.74, 6) is 0.222. The zero-order valence-corrected chi connectivity index (χ0v) is 15.1. The Bertz CT molecular complexity index is 912. The molecule has 5 heteroatoms. The third-order valence-electron chi connectivity index (χ3n) is 5.06. The molecule has 4 rings (SSSR count). The monoisotopic (exact) mass is 348 g/mol. The standard InChI is InChI=1S/C21H24N4O/c1-2-25-13-16(12-23-25)11-22-19-10-21(26)24(15-19)14-18-8-5-7-17-6-3-4-9-20(17)18/h3-9,12-13,19,22H,2,10-11,14-15H2,1H3/t19-/m0/s1. The van der Waals surface area contributed by atoms with Crippen LogP contribution in [0, 0.1) is 0 Å². The van der Waals surface area contributed by atoms with Gasteiger partial charge in [-0.2, -0.15) is 5.10 Å². The molecule has 2 aromatic carbocycles. The highest BCUT2D eigenvalue weighted by atomic mass is 16.2. The van der Waals surface area contributed by atoms with Gasteiger partial charge in [-0.25, -0.2) is 0 Å². The lowest BCUT2D eigenvalue weighted by molar-refractivity contribution is -0.128. The summed E-state index contributed by atoms with van der Waals surface area (Å²) in [7, 11) is 0. The summed E-state index contributed by atoms with van der Waals surface area (Å²) in [6.45, 7) is 5.13. The van der Waals surface area contributed by atoms with Crippen molar-refractivity contribution >= 4 is 16.7 Å². The number of carbonyl (C=O) groups excluding carboxylic acids is 1. The van der Waals surface area contributed by atoms with E-state index in [1.807, 2.05) is 21.8 Å². The zero-order chi connectivity index (χ0) is 17.9. The molecule has 1 aromatic heterocycles. The number of hydrogen-bond acceptors (Lipinski definition) is 3. The summed E-state index contributed by atoms with van der Waals surface area (Å²) in [6.07, 6.45) is 4.51. The average Bonchev–Trinajstić information content (AvgIpc) is 3.27. The summed E-state index contributed by atoms with van der Waals surface area (Å²) in [4.78, 5) is 14.4. The lowest BCUT2D eigenvalue weighted by Gasteiger charge is -2.18. The first kappa shape index (κ1) is 16.8. The smallest absolute Gasteiger partial charge is 0.224 e. The number of aryl methyl sites for hydroxylation is 1. The van der Waals surface area contributed by atoms with Gasteiger partial charge in [0.2, 0.25) is 5.91 Å². The van der Waals surface area contributed by atoms with Crippen LogP contribution in [0.1, 0.15) is 24.5 Å². The van der Waals surface area contributed by atoms with Crippen LogP contribution in [0.15, 0.2) is 54.9 Å². The molecular weight excluding hydrogens is 324 g/mol. The molecule has 1 aliphatic rings. The second-order valence-corrected chi connectivity index (χ2v) is 6.90. The van der Waals surface area contributed by atoms with Gasteiger partial charge in [-0.3, -0.25) is 9.48 Å². The number of fused-ring (bicyclic) bond motifs is 1. The fraction of sp³-hybridized carbons (Fsp3) is 0.333. The number of aromatic nitrogens is 2. The lowest BCUT2D eigenvalue weighted by atomic mass is 10.0. The van der Waals surface area contributed by atoms with Crippen molar-refractivity contribution in [1.29, 1.82) is 0 Å². The van der Waals surface area contributed by atoms with Crippen LogP contribution < -0.4 is 5.32 Å². The molecule has 1 aliphatic heterocycles. The first-order chi connectivity index (χ1) is 12.7. The highest BCUT2D eigenvalue weighted by Crippen LogP contribution is 2.22. The fourth-order valence-electron chi connectivity index (χ4n) is 3.63. The molecule has 3 aromatic rings. The Balaban J connectivity index is 1.40. The summed E-state index contributed by atoms with van der Waals surface area (Å²) in [6, 6.07) is 14.9. The molecule has 1 atom stereocenters. The van der Waals surface area contributed by atoms with E-state index in [0.29, 0.717) is 13.0 Å². The molecule has 1 fully saturated rings. The van der Waals surface area contributed by atoms with Gasteiger partial charge in [0.1, 0.15) is 0 Å². The first-order valence-corrected chi connectivity index (χ1v) is 9.22. The van der Waals surface area contributed by atoms with Gasteiger partial charge in [0.05, 0.1) is 6.20 Å². The third kappa shape index (κ3) is 3.48. The molecule has 0 spiro atoms. The van der Waals surface area contributed by atoms with Crippen molar-refractivity contribution in [2.75, 3.05) is 6.54 Å². The highest BCUT2D eigenvalue weighted by Gasteiger charge is 2.29. The van der Waals surface area contributed by atoms with Crippen molar-refractivity contribution in [3.05, 3.63) is 66.0 Å². The number of likely N-dealkylation sites (tertiary alicyclic amines) is 1. The molecule has 0 saturated carbocycles. The van der Waals surface area contributed by atoms with Crippen LogP contribution in [0.2, 0.25) is 0 Å². The van der Waals surface area contributed by atoms with Crippen molar-refractivity contribution in [2.45, 2.75) is 39.0 Å². The van der Waals surface area contributed by atoms with Gasteiger partial charge in [0.15, 0.2) is 0 Å². The molecule has 134 valence electrons. The van der Waals surface area contributed by atoms with Crippen molar-refractivity contribution in [3.63, 3.8) is 0 Å². The minimum absolute atomic E-state index is 0.197. The van der Waals surface area contributed by atoms with E-state index < -0.39 is 0 Å². The Morgan fingerprint density at radius 1 is 1.19 bits per heavy atom. The fourth-order valence-corrected chi connectivity index (χ4v) is 3.63. The van der Waals surface area contributed by atoms with E-state index >= 15 is 0 Å². The number of hydrogen-bond donors (Lipinski definition) is 1. The Labute approximate surface area is 153 Å². The van der Waals surface area contributed by atoms with Crippen molar-refractivity contribution < 1.29 is 4.79 Å². The maximum Gasteiger partial charge on any atom is 0.224 e. The van der Waals surface area contributed by atoms with Crippen LogP contribution in [0.3, 0.4) is 0 Å².